The largest absolute Gasteiger partial charge is 0.489 e. The van der Waals surface area contributed by atoms with Gasteiger partial charge in [-0.1, -0.05) is 0 Å². The summed E-state index contributed by atoms with van der Waals surface area (Å²) in [5.41, 5.74) is 0.487. The minimum atomic E-state index is -3.74. The van der Waals surface area contributed by atoms with Gasteiger partial charge in [-0.15, -0.1) is 0 Å². The summed E-state index contributed by atoms with van der Waals surface area (Å²) in [5.74, 6) is 0.0862. The van der Waals surface area contributed by atoms with Gasteiger partial charge in [0.1, 0.15) is 11.3 Å². The minimum absolute atomic E-state index is 0.0667. The Labute approximate surface area is 182 Å². The summed E-state index contributed by atoms with van der Waals surface area (Å²) in [6, 6.07) is 7.66. The molecular weight excluding hydrogens is 422 g/mol. The van der Waals surface area contributed by atoms with Gasteiger partial charge in [0.15, 0.2) is 0 Å². The maximum atomic E-state index is 13.1. The molecule has 10 heteroatoms. The number of carbonyl (C=O) groups is 1. The smallest absolute Gasteiger partial charge is 0.261 e. The molecule has 0 bridgehead atoms. The average Bonchev–Trinajstić information content (AvgIpc) is 2.75. The lowest BCUT2D eigenvalue weighted by Gasteiger charge is -2.26. The molecule has 1 amide bonds. The zero-order chi connectivity index (χ0) is 22.4. The molecule has 0 atom stereocenters. The van der Waals surface area contributed by atoms with Crippen LogP contribution in [-0.4, -0.2) is 62.6 Å². The molecule has 1 saturated heterocycles. The molecule has 1 aromatic heterocycles. The van der Waals surface area contributed by atoms with Crippen LogP contribution in [0.2, 0.25) is 0 Å². The number of hydrogen-bond donors (Lipinski definition) is 1. The molecule has 0 aliphatic carbocycles. The van der Waals surface area contributed by atoms with Gasteiger partial charge >= 0.3 is 0 Å². The molecule has 1 aliphatic rings. The Morgan fingerprint density at radius 1 is 1.26 bits per heavy atom. The molecule has 9 nitrogen and oxygen atoms in total. The van der Waals surface area contributed by atoms with E-state index < -0.39 is 15.9 Å². The van der Waals surface area contributed by atoms with E-state index in [2.05, 4.69) is 10.3 Å². The molecule has 2 aromatic rings. The van der Waals surface area contributed by atoms with Crippen LogP contribution < -0.4 is 14.8 Å². The van der Waals surface area contributed by atoms with Crippen LogP contribution in [0.1, 0.15) is 31.1 Å². The molecule has 1 fully saturated rings. The van der Waals surface area contributed by atoms with Crippen molar-refractivity contribution in [3.63, 3.8) is 0 Å². The second kappa shape index (κ2) is 10.1. The molecular formula is C21H27N3O6S. The first-order valence-corrected chi connectivity index (χ1v) is 11.5. The van der Waals surface area contributed by atoms with Crippen LogP contribution in [0.15, 0.2) is 41.4 Å². The normalized spacial score (nSPS) is 15.0. The molecule has 0 unspecified atom stereocenters. The Hall–Kier alpha value is -2.69. The van der Waals surface area contributed by atoms with E-state index >= 15 is 0 Å². The summed E-state index contributed by atoms with van der Waals surface area (Å²) in [6.07, 6.45) is 1.36. The molecule has 1 aliphatic heterocycles. The highest BCUT2D eigenvalue weighted by Crippen LogP contribution is 2.31. The van der Waals surface area contributed by atoms with Crippen LogP contribution in [-0.2, 0) is 14.8 Å². The molecule has 0 spiro atoms. The van der Waals surface area contributed by atoms with Gasteiger partial charge in [0.25, 0.3) is 5.91 Å². The van der Waals surface area contributed by atoms with E-state index in [1.54, 1.807) is 25.1 Å². The molecule has 3 rings (SSSR count). The Kier molecular flexibility index (Phi) is 7.47. The Morgan fingerprint density at radius 3 is 2.68 bits per heavy atom. The third-order valence-electron chi connectivity index (χ3n) is 4.47. The highest BCUT2D eigenvalue weighted by molar-refractivity contribution is 7.89. The average molecular weight is 450 g/mol. The van der Waals surface area contributed by atoms with E-state index in [0.717, 1.165) is 0 Å². The van der Waals surface area contributed by atoms with Crippen molar-refractivity contribution in [3.8, 4) is 11.6 Å². The van der Waals surface area contributed by atoms with Crippen LogP contribution >= 0.6 is 0 Å². The van der Waals surface area contributed by atoms with Gasteiger partial charge in [0.2, 0.25) is 15.9 Å². The van der Waals surface area contributed by atoms with Crippen molar-refractivity contribution in [1.29, 1.82) is 0 Å². The fourth-order valence-electron chi connectivity index (χ4n) is 3.06. The summed E-state index contributed by atoms with van der Waals surface area (Å²) in [7, 11) is -3.74. The highest BCUT2D eigenvalue weighted by Gasteiger charge is 2.27. The monoisotopic (exact) mass is 449 g/mol. The topological polar surface area (TPSA) is 107 Å². The second-order valence-corrected chi connectivity index (χ2v) is 9.02. The maximum Gasteiger partial charge on any atom is 0.261 e. The number of hydrogen-bond acceptors (Lipinski definition) is 7. The second-order valence-electron chi connectivity index (χ2n) is 7.08. The first-order valence-electron chi connectivity index (χ1n) is 10.1. The Balaban J connectivity index is 1.95. The van der Waals surface area contributed by atoms with Crippen molar-refractivity contribution < 1.29 is 27.4 Å². The van der Waals surface area contributed by atoms with Crippen LogP contribution in [0.3, 0.4) is 0 Å². The number of nitrogens with one attached hydrogen (secondary N) is 1. The van der Waals surface area contributed by atoms with Crippen molar-refractivity contribution in [2.75, 3.05) is 38.2 Å². The Bertz CT molecular complexity index is 1020. The lowest BCUT2D eigenvalue weighted by molar-refractivity contribution is 0.0730. The first-order chi connectivity index (χ1) is 14.8. The molecule has 0 radical (unpaired) electrons. The fourth-order valence-corrected chi connectivity index (χ4v) is 4.50. The molecule has 2 heterocycles. The zero-order valence-electron chi connectivity index (χ0n) is 17.8. The molecule has 168 valence electrons. The zero-order valence-corrected chi connectivity index (χ0v) is 18.6. The summed E-state index contributed by atoms with van der Waals surface area (Å²) >= 11 is 0. The van der Waals surface area contributed by atoms with E-state index in [1.165, 1.54) is 22.6 Å². The number of morpholine rings is 1. The number of ether oxygens (including phenoxy) is 3. The standard InChI is InChI=1S/C21H27N3O6S/c1-4-29-21-17(6-5-9-22-21)20(25)23-18-14-16(7-8-19(18)30-15(2)3)31(26,27)24-10-12-28-13-11-24/h5-9,14-15H,4,10-13H2,1-3H3,(H,23,25). The number of benzene rings is 1. The van der Waals surface area contributed by atoms with Gasteiger partial charge in [-0.2, -0.15) is 4.31 Å². The van der Waals surface area contributed by atoms with E-state index in [-0.39, 0.29) is 41.2 Å². The van der Waals surface area contributed by atoms with E-state index in [4.69, 9.17) is 14.2 Å². The predicted molar refractivity (Wildman–Crippen MR) is 115 cm³/mol. The van der Waals surface area contributed by atoms with E-state index in [1.807, 2.05) is 13.8 Å². The van der Waals surface area contributed by atoms with Gasteiger partial charge in [0, 0.05) is 19.3 Å². The number of carbonyl (C=O) groups excluding carboxylic acids is 1. The minimum Gasteiger partial charge on any atom is -0.489 e. The van der Waals surface area contributed by atoms with Gasteiger partial charge in [0.05, 0.1) is 36.5 Å². The van der Waals surface area contributed by atoms with Crippen molar-refractivity contribution >= 4 is 21.6 Å². The van der Waals surface area contributed by atoms with Gasteiger partial charge < -0.3 is 19.5 Å². The van der Waals surface area contributed by atoms with Crippen LogP contribution in [0, 0.1) is 0 Å². The number of sulfonamides is 1. The number of aromatic nitrogens is 1. The number of rotatable bonds is 8. The van der Waals surface area contributed by atoms with Crippen molar-refractivity contribution in [2.45, 2.75) is 31.8 Å². The van der Waals surface area contributed by atoms with Gasteiger partial charge in [-0.05, 0) is 51.1 Å². The quantitative estimate of drug-likeness (QED) is 0.660. The third-order valence-corrected chi connectivity index (χ3v) is 6.36. The summed E-state index contributed by atoms with van der Waals surface area (Å²) in [6.45, 7) is 7.09. The highest BCUT2D eigenvalue weighted by atomic mass is 32.2. The SMILES string of the molecule is CCOc1ncccc1C(=O)Nc1cc(S(=O)(=O)N2CCOCC2)ccc1OC(C)C. The molecule has 0 saturated carbocycles. The third kappa shape index (κ3) is 5.52. The lowest BCUT2D eigenvalue weighted by Crippen LogP contribution is -2.40. The first kappa shape index (κ1) is 23.0. The van der Waals surface area contributed by atoms with E-state index in [0.29, 0.717) is 25.6 Å². The van der Waals surface area contributed by atoms with Crippen molar-refractivity contribution in [2.24, 2.45) is 0 Å². The van der Waals surface area contributed by atoms with Crippen LogP contribution in [0.5, 0.6) is 11.6 Å². The predicted octanol–water partition coefficient (Wildman–Crippen LogP) is 2.54. The van der Waals surface area contributed by atoms with Crippen LogP contribution in [0.4, 0.5) is 5.69 Å². The summed E-state index contributed by atoms with van der Waals surface area (Å²) in [5, 5.41) is 2.75. The number of nitrogens with zero attached hydrogens (tertiary/aromatic N) is 2. The molecule has 1 N–H and O–H groups in total. The summed E-state index contributed by atoms with van der Waals surface area (Å²) in [4.78, 5) is 17.1. The number of pyridine rings is 1. The Morgan fingerprint density at radius 2 is 2.00 bits per heavy atom. The van der Waals surface area contributed by atoms with Crippen molar-refractivity contribution in [1.82, 2.24) is 9.29 Å². The van der Waals surface area contributed by atoms with Crippen LogP contribution in [0.25, 0.3) is 0 Å². The van der Waals surface area contributed by atoms with E-state index in [9.17, 15) is 13.2 Å². The molecule has 1 aromatic carbocycles. The van der Waals surface area contributed by atoms with Gasteiger partial charge in [-0.25, -0.2) is 13.4 Å². The summed E-state index contributed by atoms with van der Waals surface area (Å²) < 4.78 is 43.9. The number of anilines is 1. The number of amides is 1. The fraction of sp³-hybridized carbons (Fsp3) is 0.429. The van der Waals surface area contributed by atoms with Gasteiger partial charge in [-0.3, -0.25) is 4.79 Å². The molecule has 31 heavy (non-hydrogen) atoms. The lowest BCUT2D eigenvalue weighted by atomic mass is 10.2. The maximum absolute atomic E-state index is 13.1. The van der Waals surface area contributed by atoms with Crippen molar-refractivity contribution in [3.05, 3.63) is 42.1 Å².